The van der Waals surface area contributed by atoms with Crippen molar-refractivity contribution in [3.8, 4) is 22.0 Å². The van der Waals surface area contributed by atoms with Crippen LogP contribution in [0, 0.1) is 0 Å². The molecular weight excluding hydrogens is 493 g/mol. The number of benzene rings is 2. The average Bonchev–Trinajstić information content (AvgIpc) is 3.55. The molecule has 2 N–H and O–H groups in total. The van der Waals surface area contributed by atoms with E-state index in [1.54, 1.807) is 17.0 Å². The van der Waals surface area contributed by atoms with E-state index in [9.17, 15) is 22.8 Å². The number of hydrazine groups is 1. The van der Waals surface area contributed by atoms with Crippen molar-refractivity contribution >= 4 is 29.2 Å². The standard InChI is InChI=1S/C25H19F3N4O3S/c26-25(27,28)18-6-4-9-20(14-18)35-16-23(34)30-29-22(33)12-11-17-15-32(19-7-2-1-3-8-19)31-24(17)21-10-5-13-36-21/h1-15H,16H2,(H,29,33)(H,30,34). The molecule has 2 amide bonds. The van der Waals surface area contributed by atoms with Gasteiger partial charge < -0.3 is 4.74 Å². The molecular formula is C25H19F3N4O3S. The maximum atomic E-state index is 12.8. The Morgan fingerprint density at radius 2 is 1.83 bits per heavy atom. The number of halogens is 3. The average molecular weight is 513 g/mol. The molecule has 0 saturated heterocycles. The zero-order chi connectivity index (χ0) is 25.5. The molecule has 0 saturated carbocycles. The SMILES string of the molecule is O=C(C=Cc1cn(-c2ccccc2)nc1-c1cccs1)NNC(=O)COc1cccc(C(F)(F)F)c1. The number of nitrogens with one attached hydrogen (secondary N) is 2. The summed E-state index contributed by atoms with van der Waals surface area (Å²) in [5, 5.41) is 6.56. The maximum Gasteiger partial charge on any atom is 0.416 e. The lowest BCUT2D eigenvalue weighted by Crippen LogP contribution is -2.43. The second-order valence-electron chi connectivity index (χ2n) is 7.38. The minimum Gasteiger partial charge on any atom is -0.484 e. The molecule has 0 radical (unpaired) electrons. The first-order chi connectivity index (χ1) is 17.3. The maximum absolute atomic E-state index is 12.8. The van der Waals surface area contributed by atoms with Gasteiger partial charge in [-0.1, -0.05) is 30.3 Å². The van der Waals surface area contributed by atoms with E-state index in [2.05, 4.69) is 16.0 Å². The number of thiophene rings is 1. The predicted octanol–water partition coefficient (Wildman–Crippen LogP) is 4.86. The molecule has 0 unspecified atom stereocenters. The molecule has 2 aromatic carbocycles. The smallest absolute Gasteiger partial charge is 0.416 e. The van der Waals surface area contributed by atoms with Crippen molar-refractivity contribution in [2.24, 2.45) is 0 Å². The third kappa shape index (κ3) is 6.39. The predicted molar refractivity (Wildman–Crippen MR) is 129 cm³/mol. The molecule has 11 heteroatoms. The van der Waals surface area contributed by atoms with Gasteiger partial charge >= 0.3 is 6.18 Å². The van der Waals surface area contributed by atoms with Gasteiger partial charge in [0.2, 0.25) is 0 Å². The number of rotatable bonds is 7. The third-order valence-electron chi connectivity index (χ3n) is 4.79. The van der Waals surface area contributed by atoms with Crippen LogP contribution in [0.5, 0.6) is 5.75 Å². The Hall–Kier alpha value is -4.38. The van der Waals surface area contributed by atoms with E-state index in [-0.39, 0.29) is 5.75 Å². The van der Waals surface area contributed by atoms with Crippen LogP contribution in [0.3, 0.4) is 0 Å². The monoisotopic (exact) mass is 512 g/mol. The van der Waals surface area contributed by atoms with Gasteiger partial charge in [-0.25, -0.2) is 4.68 Å². The number of ether oxygens (including phenoxy) is 1. The van der Waals surface area contributed by atoms with Crippen LogP contribution in [0.4, 0.5) is 13.2 Å². The number of alkyl halides is 3. The number of carbonyl (C=O) groups is 2. The molecule has 7 nitrogen and oxygen atoms in total. The van der Waals surface area contributed by atoms with E-state index in [4.69, 9.17) is 4.74 Å². The van der Waals surface area contributed by atoms with Crippen LogP contribution in [-0.2, 0) is 15.8 Å². The third-order valence-corrected chi connectivity index (χ3v) is 5.67. The summed E-state index contributed by atoms with van der Waals surface area (Å²) >= 11 is 1.51. The number of nitrogens with zero attached hydrogens (tertiary/aromatic N) is 2. The Kier molecular flexibility index (Phi) is 7.50. The number of aromatic nitrogens is 2. The van der Waals surface area contributed by atoms with Gasteiger partial charge in [-0.15, -0.1) is 11.3 Å². The van der Waals surface area contributed by atoms with Crippen molar-refractivity contribution < 1.29 is 27.5 Å². The molecule has 184 valence electrons. The highest BCUT2D eigenvalue weighted by molar-refractivity contribution is 7.13. The Balaban J connectivity index is 1.35. The highest BCUT2D eigenvalue weighted by atomic mass is 32.1. The Labute approximate surface area is 207 Å². The first kappa shape index (κ1) is 24.7. The quantitative estimate of drug-likeness (QED) is 0.274. The van der Waals surface area contributed by atoms with Crippen molar-refractivity contribution in [1.29, 1.82) is 0 Å². The number of hydrogen-bond acceptors (Lipinski definition) is 5. The van der Waals surface area contributed by atoms with Crippen LogP contribution in [0.2, 0.25) is 0 Å². The number of hydrogen-bond donors (Lipinski definition) is 2. The van der Waals surface area contributed by atoms with Gasteiger partial charge in [0.15, 0.2) is 6.61 Å². The van der Waals surface area contributed by atoms with E-state index < -0.39 is 30.2 Å². The minimum atomic E-state index is -4.52. The van der Waals surface area contributed by atoms with E-state index in [1.807, 2.05) is 47.8 Å². The molecule has 36 heavy (non-hydrogen) atoms. The second-order valence-corrected chi connectivity index (χ2v) is 8.32. The second kappa shape index (κ2) is 10.9. The summed E-state index contributed by atoms with van der Waals surface area (Å²) in [6.07, 6.45) is 0.0675. The van der Waals surface area contributed by atoms with Crippen LogP contribution >= 0.6 is 11.3 Å². The number of carbonyl (C=O) groups excluding carboxylic acids is 2. The number of amides is 2. The van der Waals surface area contributed by atoms with Crippen molar-refractivity contribution in [3.63, 3.8) is 0 Å². The summed E-state index contributed by atoms with van der Waals surface area (Å²) in [4.78, 5) is 25.1. The fraction of sp³-hybridized carbons (Fsp3) is 0.0800. The van der Waals surface area contributed by atoms with Crippen LogP contribution in [0.25, 0.3) is 22.3 Å². The molecule has 2 aromatic heterocycles. The van der Waals surface area contributed by atoms with Gasteiger partial charge in [0.25, 0.3) is 11.8 Å². The highest BCUT2D eigenvalue weighted by Crippen LogP contribution is 2.31. The summed E-state index contributed by atoms with van der Waals surface area (Å²) in [5.41, 5.74) is 5.70. The van der Waals surface area contributed by atoms with Crippen LogP contribution < -0.4 is 15.6 Å². The van der Waals surface area contributed by atoms with Crippen LogP contribution in [0.15, 0.2) is 84.4 Å². The van der Waals surface area contributed by atoms with Gasteiger partial charge in [-0.3, -0.25) is 20.4 Å². The summed E-state index contributed by atoms with van der Waals surface area (Å²) < 4.78 is 45.1. The zero-order valence-electron chi connectivity index (χ0n) is 18.5. The summed E-state index contributed by atoms with van der Waals surface area (Å²) in [6, 6.07) is 17.5. The topological polar surface area (TPSA) is 85.3 Å². The van der Waals surface area contributed by atoms with E-state index in [0.29, 0.717) is 11.3 Å². The van der Waals surface area contributed by atoms with Crippen molar-refractivity contribution in [3.05, 3.63) is 95.5 Å². The van der Waals surface area contributed by atoms with Crippen molar-refractivity contribution in [2.45, 2.75) is 6.18 Å². The first-order valence-corrected chi connectivity index (χ1v) is 11.4. The minimum absolute atomic E-state index is 0.122. The van der Waals surface area contributed by atoms with E-state index in [1.165, 1.54) is 29.5 Å². The molecule has 0 spiro atoms. The molecule has 4 rings (SSSR count). The largest absolute Gasteiger partial charge is 0.484 e. The molecule has 0 aliphatic rings. The summed E-state index contributed by atoms with van der Waals surface area (Å²) in [5.74, 6) is -1.49. The molecule has 0 atom stereocenters. The molecule has 2 heterocycles. The Bertz CT molecular complexity index is 1370. The molecule has 0 fully saturated rings. The lowest BCUT2D eigenvalue weighted by Gasteiger charge is -2.10. The van der Waals surface area contributed by atoms with Gasteiger partial charge in [0.1, 0.15) is 11.4 Å². The Morgan fingerprint density at radius 3 is 2.56 bits per heavy atom. The Morgan fingerprint density at radius 1 is 1.03 bits per heavy atom. The lowest BCUT2D eigenvalue weighted by molar-refractivity contribution is -0.137. The summed E-state index contributed by atoms with van der Waals surface area (Å²) in [7, 11) is 0. The van der Waals surface area contributed by atoms with Crippen molar-refractivity contribution in [2.75, 3.05) is 6.61 Å². The van der Waals surface area contributed by atoms with Crippen LogP contribution in [-0.4, -0.2) is 28.2 Å². The van der Waals surface area contributed by atoms with Gasteiger partial charge in [0, 0.05) is 17.8 Å². The molecule has 0 bridgehead atoms. The fourth-order valence-corrected chi connectivity index (χ4v) is 3.84. The lowest BCUT2D eigenvalue weighted by atomic mass is 10.2. The van der Waals surface area contributed by atoms with E-state index in [0.717, 1.165) is 22.7 Å². The van der Waals surface area contributed by atoms with Gasteiger partial charge in [-0.2, -0.15) is 18.3 Å². The van der Waals surface area contributed by atoms with E-state index >= 15 is 0 Å². The highest BCUT2D eigenvalue weighted by Gasteiger charge is 2.30. The molecule has 0 aliphatic heterocycles. The zero-order valence-corrected chi connectivity index (χ0v) is 19.3. The van der Waals surface area contributed by atoms with Crippen LogP contribution in [0.1, 0.15) is 11.1 Å². The first-order valence-electron chi connectivity index (χ1n) is 10.6. The number of para-hydroxylation sites is 1. The normalized spacial score (nSPS) is 11.4. The molecule has 0 aliphatic carbocycles. The fourth-order valence-electron chi connectivity index (χ4n) is 3.11. The summed E-state index contributed by atoms with van der Waals surface area (Å²) in [6.45, 7) is -0.586. The van der Waals surface area contributed by atoms with Crippen molar-refractivity contribution in [1.82, 2.24) is 20.6 Å². The van der Waals surface area contributed by atoms with Gasteiger partial charge in [0.05, 0.1) is 16.1 Å². The van der Waals surface area contributed by atoms with Gasteiger partial charge in [-0.05, 0) is 47.9 Å². The molecule has 4 aromatic rings.